The zero-order chi connectivity index (χ0) is 27.0. The van der Waals surface area contributed by atoms with Crippen LogP contribution in [0.2, 0.25) is 5.02 Å². The van der Waals surface area contributed by atoms with Gasteiger partial charge >= 0.3 is 0 Å². The number of carbonyl (C=O) groups is 2. The SMILES string of the molecule is CCOc1ccc(N(CC(=O)N(Cc2ccccc2Cl)[C@@H](C)C(=O)NC)S(=O)(=O)c2ccccc2)cc1. The van der Waals surface area contributed by atoms with Gasteiger partial charge in [0.1, 0.15) is 18.3 Å². The molecule has 0 aromatic heterocycles. The zero-order valence-electron chi connectivity index (χ0n) is 20.9. The molecule has 0 bridgehead atoms. The number of amides is 2. The lowest BCUT2D eigenvalue weighted by atomic mass is 10.1. The van der Waals surface area contributed by atoms with Gasteiger partial charge in [0.15, 0.2) is 0 Å². The highest BCUT2D eigenvalue weighted by atomic mass is 35.5. The molecular formula is C27H30ClN3O5S. The second-order valence-corrected chi connectivity index (χ2v) is 10.4. The quantitative estimate of drug-likeness (QED) is 0.393. The van der Waals surface area contributed by atoms with Crippen LogP contribution in [0.4, 0.5) is 5.69 Å². The first-order valence-electron chi connectivity index (χ1n) is 11.7. The summed E-state index contributed by atoms with van der Waals surface area (Å²) in [5.74, 6) is -0.383. The Bertz CT molecular complexity index is 1320. The Labute approximate surface area is 222 Å². The summed E-state index contributed by atoms with van der Waals surface area (Å²) in [7, 11) is -2.65. The number of ether oxygens (including phenoxy) is 1. The van der Waals surface area contributed by atoms with E-state index in [0.717, 1.165) is 4.31 Å². The van der Waals surface area contributed by atoms with E-state index in [0.29, 0.717) is 22.9 Å². The highest BCUT2D eigenvalue weighted by Gasteiger charge is 2.32. The van der Waals surface area contributed by atoms with E-state index in [4.69, 9.17) is 16.3 Å². The fourth-order valence-electron chi connectivity index (χ4n) is 3.73. The van der Waals surface area contributed by atoms with E-state index >= 15 is 0 Å². The summed E-state index contributed by atoms with van der Waals surface area (Å²) in [5, 5.41) is 2.98. The van der Waals surface area contributed by atoms with Crippen LogP contribution in [0.5, 0.6) is 5.75 Å². The molecule has 3 aromatic rings. The summed E-state index contributed by atoms with van der Waals surface area (Å²) in [6.07, 6.45) is 0. The minimum Gasteiger partial charge on any atom is -0.494 e. The second kappa shape index (κ2) is 12.6. The summed E-state index contributed by atoms with van der Waals surface area (Å²) in [6, 6.07) is 20.4. The van der Waals surface area contributed by atoms with E-state index in [1.807, 2.05) is 6.92 Å². The number of halogens is 1. The number of benzene rings is 3. The number of anilines is 1. The van der Waals surface area contributed by atoms with E-state index in [9.17, 15) is 18.0 Å². The van der Waals surface area contributed by atoms with Crippen molar-refractivity contribution >= 4 is 39.1 Å². The van der Waals surface area contributed by atoms with Gasteiger partial charge in [0.05, 0.1) is 17.2 Å². The number of sulfonamides is 1. The van der Waals surface area contributed by atoms with Crippen molar-refractivity contribution in [2.75, 3.05) is 24.5 Å². The minimum absolute atomic E-state index is 0.0234. The van der Waals surface area contributed by atoms with E-state index in [2.05, 4.69) is 5.32 Å². The topological polar surface area (TPSA) is 96.0 Å². The van der Waals surface area contributed by atoms with E-state index < -0.39 is 28.5 Å². The molecule has 3 aromatic carbocycles. The van der Waals surface area contributed by atoms with Crippen molar-refractivity contribution in [3.8, 4) is 5.75 Å². The van der Waals surface area contributed by atoms with Crippen LogP contribution in [0, 0.1) is 0 Å². The van der Waals surface area contributed by atoms with Crippen molar-refractivity contribution in [1.82, 2.24) is 10.2 Å². The van der Waals surface area contributed by atoms with Crippen LogP contribution in [0.3, 0.4) is 0 Å². The molecule has 0 fully saturated rings. The Kier molecular flexibility index (Phi) is 9.54. The van der Waals surface area contributed by atoms with Crippen LogP contribution in [-0.4, -0.2) is 51.4 Å². The lowest BCUT2D eigenvalue weighted by Gasteiger charge is -2.32. The third-order valence-corrected chi connectivity index (χ3v) is 7.91. The van der Waals surface area contributed by atoms with Gasteiger partial charge in [0.2, 0.25) is 11.8 Å². The number of carbonyl (C=O) groups excluding carboxylic acids is 2. The first-order valence-corrected chi connectivity index (χ1v) is 13.6. The third kappa shape index (κ3) is 6.81. The molecule has 0 saturated carbocycles. The number of likely N-dealkylation sites (N-methyl/N-ethyl adjacent to an activating group) is 1. The van der Waals surface area contributed by atoms with Gasteiger partial charge in [-0.3, -0.25) is 13.9 Å². The van der Waals surface area contributed by atoms with Crippen LogP contribution in [0.1, 0.15) is 19.4 Å². The number of hydrogen-bond donors (Lipinski definition) is 1. The van der Waals surface area contributed by atoms with Crippen molar-refractivity contribution in [1.29, 1.82) is 0 Å². The predicted molar refractivity (Wildman–Crippen MR) is 144 cm³/mol. The highest BCUT2D eigenvalue weighted by molar-refractivity contribution is 7.92. The lowest BCUT2D eigenvalue weighted by molar-refractivity contribution is -0.139. The van der Waals surface area contributed by atoms with Crippen molar-refractivity contribution < 1.29 is 22.7 Å². The summed E-state index contributed by atoms with van der Waals surface area (Å²) in [6.45, 7) is 3.38. The van der Waals surface area contributed by atoms with Crippen LogP contribution in [-0.2, 0) is 26.2 Å². The lowest BCUT2D eigenvalue weighted by Crippen LogP contribution is -2.50. The first-order chi connectivity index (χ1) is 17.7. The molecule has 10 heteroatoms. The van der Waals surface area contributed by atoms with Crippen LogP contribution >= 0.6 is 11.6 Å². The van der Waals surface area contributed by atoms with Crippen molar-refractivity contribution in [2.24, 2.45) is 0 Å². The average molecular weight is 544 g/mol. The maximum Gasteiger partial charge on any atom is 0.264 e. The summed E-state index contributed by atoms with van der Waals surface area (Å²) in [4.78, 5) is 27.6. The Balaban J connectivity index is 2.02. The van der Waals surface area contributed by atoms with Gasteiger partial charge in [-0.1, -0.05) is 48.0 Å². The smallest absolute Gasteiger partial charge is 0.264 e. The molecule has 0 unspecified atom stereocenters. The molecule has 0 saturated heterocycles. The minimum atomic E-state index is -4.12. The van der Waals surface area contributed by atoms with Crippen molar-refractivity contribution in [3.63, 3.8) is 0 Å². The van der Waals surface area contributed by atoms with Crippen LogP contribution < -0.4 is 14.4 Å². The van der Waals surface area contributed by atoms with Crippen molar-refractivity contribution in [2.45, 2.75) is 31.3 Å². The van der Waals surface area contributed by atoms with Crippen molar-refractivity contribution in [3.05, 3.63) is 89.4 Å². The van der Waals surface area contributed by atoms with Gasteiger partial charge < -0.3 is 15.0 Å². The molecule has 1 N–H and O–H groups in total. The van der Waals surface area contributed by atoms with Gasteiger partial charge in [-0.2, -0.15) is 0 Å². The zero-order valence-corrected chi connectivity index (χ0v) is 22.5. The number of rotatable bonds is 11. The summed E-state index contributed by atoms with van der Waals surface area (Å²) in [5.41, 5.74) is 0.915. The van der Waals surface area contributed by atoms with Gasteiger partial charge in [-0.05, 0) is 61.9 Å². The molecule has 0 radical (unpaired) electrons. The highest BCUT2D eigenvalue weighted by Crippen LogP contribution is 2.27. The Morgan fingerprint density at radius 3 is 2.19 bits per heavy atom. The van der Waals surface area contributed by atoms with Crippen LogP contribution in [0.15, 0.2) is 83.8 Å². The van der Waals surface area contributed by atoms with E-state index in [1.54, 1.807) is 73.7 Å². The Morgan fingerprint density at radius 2 is 1.59 bits per heavy atom. The fraction of sp³-hybridized carbons (Fsp3) is 0.259. The normalized spacial score (nSPS) is 11.9. The van der Waals surface area contributed by atoms with E-state index in [1.165, 1.54) is 24.1 Å². The van der Waals surface area contributed by atoms with Gasteiger partial charge in [0, 0.05) is 18.6 Å². The van der Waals surface area contributed by atoms with Crippen LogP contribution in [0.25, 0.3) is 0 Å². The fourth-order valence-corrected chi connectivity index (χ4v) is 5.36. The molecule has 3 rings (SSSR count). The largest absolute Gasteiger partial charge is 0.494 e. The van der Waals surface area contributed by atoms with Gasteiger partial charge in [0.25, 0.3) is 10.0 Å². The monoisotopic (exact) mass is 543 g/mol. The molecule has 196 valence electrons. The predicted octanol–water partition coefficient (Wildman–Crippen LogP) is 4.10. The maximum atomic E-state index is 13.7. The number of nitrogens with one attached hydrogen (secondary N) is 1. The van der Waals surface area contributed by atoms with E-state index in [-0.39, 0.29) is 23.0 Å². The average Bonchev–Trinajstić information content (AvgIpc) is 2.91. The van der Waals surface area contributed by atoms with Gasteiger partial charge in [-0.15, -0.1) is 0 Å². The first kappa shape index (κ1) is 28.0. The molecule has 0 aliphatic heterocycles. The molecule has 1 atom stereocenters. The molecule has 0 aliphatic carbocycles. The molecular weight excluding hydrogens is 514 g/mol. The molecule has 0 spiro atoms. The van der Waals surface area contributed by atoms with Gasteiger partial charge in [-0.25, -0.2) is 8.42 Å². The second-order valence-electron chi connectivity index (χ2n) is 8.15. The molecule has 8 nitrogen and oxygen atoms in total. The Hall–Kier alpha value is -3.56. The third-order valence-electron chi connectivity index (χ3n) is 5.76. The maximum absolute atomic E-state index is 13.7. The Morgan fingerprint density at radius 1 is 0.973 bits per heavy atom. The number of hydrogen-bond acceptors (Lipinski definition) is 5. The standard InChI is InChI=1S/C27H30ClN3O5S/c1-4-36-23-16-14-22(15-17-23)31(37(34,35)24-11-6-5-7-12-24)19-26(32)30(20(2)27(33)29-3)18-21-10-8-9-13-25(21)28/h5-17,20H,4,18-19H2,1-3H3,(H,29,33)/t20-/m0/s1. The molecule has 37 heavy (non-hydrogen) atoms. The molecule has 2 amide bonds. The summed E-state index contributed by atoms with van der Waals surface area (Å²) < 4.78 is 33.9. The molecule has 0 aliphatic rings. The molecule has 0 heterocycles. The summed E-state index contributed by atoms with van der Waals surface area (Å²) >= 11 is 6.33. The number of nitrogens with zero attached hydrogens (tertiary/aromatic N) is 2.